The van der Waals surface area contributed by atoms with Crippen LogP contribution in [-0.4, -0.2) is 35.2 Å². The highest BCUT2D eigenvalue weighted by Gasteiger charge is 2.42. The molecular weight excluding hydrogens is 310 g/mol. The van der Waals surface area contributed by atoms with E-state index in [1.807, 2.05) is 25.1 Å². The largest absolute Gasteiger partial charge is 0.464 e. The lowest BCUT2D eigenvalue weighted by molar-refractivity contribution is -0.153. The fourth-order valence-corrected chi connectivity index (χ4v) is 4.09. The zero-order valence-corrected chi connectivity index (χ0v) is 13.6. The van der Waals surface area contributed by atoms with Gasteiger partial charge in [-0.25, -0.2) is 4.79 Å². The van der Waals surface area contributed by atoms with E-state index in [0.717, 1.165) is 12.0 Å². The van der Waals surface area contributed by atoms with Crippen molar-refractivity contribution >= 4 is 35.2 Å². The van der Waals surface area contributed by atoms with Gasteiger partial charge in [0, 0.05) is 23.3 Å². The van der Waals surface area contributed by atoms with Gasteiger partial charge in [-0.1, -0.05) is 36.7 Å². The van der Waals surface area contributed by atoms with Crippen molar-refractivity contribution in [2.24, 2.45) is 0 Å². The van der Waals surface area contributed by atoms with E-state index in [9.17, 15) is 9.59 Å². The van der Waals surface area contributed by atoms with Crippen molar-refractivity contribution in [3.63, 3.8) is 0 Å². The fraction of sp³-hybridized carbons (Fsp3) is 0.467. The summed E-state index contributed by atoms with van der Waals surface area (Å²) >= 11 is 7.75. The summed E-state index contributed by atoms with van der Waals surface area (Å²) in [5, 5.41) is 0.360. The van der Waals surface area contributed by atoms with Crippen molar-refractivity contribution in [2.45, 2.75) is 31.7 Å². The molecular formula is C15H18ClNO3S. The Kier molecular flexibility index (Phi) is 5.53. The molecule has 0 N–H and O–H groups in total. The first-order valence-corrected chi connectivity index (χ1v) is 8.30. The third kappa shape index (κ3) is 3.52. The molecule has 1 heterocycles. The molecule has 1 fully saturated rings. The average Bonchev–Trinajstić information content (AvgIpc) is 2.90. The predicted molar refractivity (Wildman–Crippen MR) is 84.2 cm³/mol. The fourth-order valence-electron chi connectivity index (χ4n) is 2.29. The summed E-state index contributed by atoms with van der Waals surface area (Å²) in [5.74, 6) is 0.0374. The number of esters is 1. The standard InChI is InChI=1S/C15H18ClNO3S/c1-3-8-20-15(19)13-9-21-14(17(13)10(2)18)11-6-4-5-7-12(11)16/h4-7,13-14H,3,8-9H2,1-2H3. The predicted octanol–water partition coefficient (Wildman–Crippen LogP) is 3.26. The average molecular weight is 328 g/mol. The molecule has 21 heavy (non-hydrogen) atoms. The number of hydrogen-bond donors (Lipinski definition) is 0. The molecule has 1 aromatic carbocycles. The zero-order valence-electron chi connectivity index (χ0n) is 12.0. The first kappa shape index (κ1) is 16.2. The number of ether oxygens (including phenoxy) is 1. The number of hydrogen-bond acceptors (Lipinski definition) is 4. The Balaban J connectivity index is 2.23. The van der Waals surface area contributed by atoms with E-state index < -0.39 is 6.04 Å². The maximum Gasteiger partial charge on any atom is 0.329 e. The second kappa shape index (κ2) is 7.18. The maximum absolute atomic E-state index is 12.1. The van der Waals surface area contributed by atoms with E-state index >= 15 is 0 Å². The third-order valence-electron chi connectivity index (χ3n) is 3.26. The second-order valence-corrected chi connectivity index (χ2v) is 6.34. The summed E-state index contributed by atoms with van der Waals surface area (Å²) in [6.45, 7) is 3.78. The number of carbonyl (C=O) groups excluding carboxylic acids is 2. The quantitative estimate of drug-likeness (QED) is 0.796. The molecule has 1 aliphatic heterocycles. The van der Waals surface area contributed by atoms with Gasteiger partial charge in [-0.3, -0.25) is 4.79 Å². The van der Waals surface area contributed by atoms with Gasteiger partial charge in [-0.2, -0.15) is 0 Å². The zero-order chi connectivity index (χ0) is 15.4. The van der Waals surface area contributed by atoms with Crippen molar-refractivity contribution in [1.82, 2.24) is 4.90 Å². The summed E-state index contributed by atoms with van der Waals surface area (Å²) in [4.78, 5) is 25.7. The highest BCUT2D eigenvalue weighted by atomic mass is 35.5. The van der Waals surface area contributed by atoms with Crippen LogP contribution in [0.2, 0.25) is 5.02 Å². The molecule has 1 aliphatic rings. The van der Waals surface area contributed by atoms with Gasteiger partial charge in [0.2, 0.25) is 5.91 Å². The molecule has 6 heteroatoms. The van der Waals surface area contributed by atoms with Crippen molar-refractivity contribution in [1.29, 1.82) is 0 Å². The number of benzene rings is 1. The van der Waals surface area contributed by atoms with Crippen LogP contribution in [-0.2, 0) is 14.3 Å². The highest BCUT2D eigenvalue weighted by molar-refractivity contribution is 7.99. The molecule has 1 amide bonds. The minimum absolute atomic E-state index is 0.150. The highest BCUT2D eigenvalue weighted by Crippen LogP contribution is 2.43. The Labute approximate surface area is 133 Å². The molecule has 0 bridgehead atoms. The Morgan fingerprint density at radius 3 is 2.76 bits per heavy atom. The number of nitrogens with zero attached hydrogens (tertiary/aromatic N) is 1. The van der Waals surface area contributed by atoms with E-state index in [1.165, 1.54) is 18.7 Å². The minimum atomic E-state index is -0.541. The minimum Gasteiger partial charge on any atom is -0.464 e. The Hall–Kier alpha value is -1.20. The Morgan fingerprint density at radius 1 is 1.43 bits per heavy atom. The molecule has 0 aliphatic carbocycles. The van der Waals surface area contributed by atoms with E-state index in [1.54, 1.807) is 11.0 Å². The molecule has 2 rings (SSSR count). The van der Waals surface area contributed by atoms with Gasteiger partial charge in [0.1, 0.15) is 11.4 Å². The summed E-state index contributed by atoms with van der Waals surface area (Å²) in [6.07, 6.45) is 0.764. The SMILES string of the molecule is CCCOC(=O)C1CSC(c2ccccc2Cl)N1C(C)=O. The lowest BCUT2D eigenvalue weighted by Crippen LogP contribution is -2.42. The van der Waals surface area contributed by atoms with Crippen LogP contribution in [0.25, 0.3) is 0 Å². The van der Waals surface area contributed by atoms with Crippen LogP contribution < -0.4 is 0 Å². The molecule has 4 nitrogen and oxygen atoms in total. The van der Waals surface area contributed by atoms with Crippen molar-refractivity contribution < 1.29 is 14.3 Å². The van der Waals surface area contributed by atoms with Gasteiger partial charge in [0.05, 0.1) is 6.61 Å². The molecule has 0 saturated carbocycles. The number of carbonyl (C=O) groups is 2. The monoisotopic (exact) mass is 327 g/mol. The van der Waals surface area contributed by atoms with E-state index in [-0.39, 0.29) is 17.3 Å². The van der Waals surface area contributed by atoms with Crippen molar-refractivity contribution in [3.05, 3.63) is 34.9 Å². The van der Waals surface area contributed by atoms with Crippen molar-refractivity contribution in [2.75, 3.05) is 12.4 Å². The molecule has 2 unspecified atom stereocenters. The Morgan fingerprint density at radius 2 is 2.14 bits per heavy atom. The lowest BCUT2D eigenvalue weighted by atomic mass is 10.1. The van der Waals surface area contributed by atoms with Crippen LogP contribution in [0.4, 0.5) is 0 Å². The van der Waals surface area contributed by atoms with Gasteiger partial charge in [-0.15, -0.1) is 11.8 Å². The van der Waals surface area contributed by atoms with Crippen LogP contribution in [0.3, 0.4) is 0 Å². The topological polar surface area (TPSA) is 46.6 Å². The van der Waals surface area contributed by atoms with Crippen LogP contribution in [0.1, 0.15) is 31.2 Å². The van der Waals surface area contributed by atoms with E-state index in [4.69, 9.17) is 16.3 Å². The van der Waals surface area contributed by atoms with Crippen LogP contribution in [0.15, 0.2) is 24.3 Å². The van der Waals surface area contributed by atoms with Crippen LogP contribution in [0, 0.1) is 0 Å². The summed E-state index contributed by atoms with van der Waals surface area (Å²) in [7, 11) is 0. The molecule has 0 aromatic heterocycles. The summed E-state index contributed by atoms with van der Waals surface area (Å²) in [6, 6.07) is 6.86. The van der Waals surface area contributed by atoms with Gasteiger partial charge in [0.15, 0.2) is 0 Å². The van der Waals surface area contributed by atoms with E-state index in [2.05, 4.69) is 0 Å². The summed E-state index contributed by atoms with van der Waals surface area (Å²) in [5.41, 5.74) is 0.852. The maximum atomic E-state index is 12.1. The smallest absolute Gasteiger partial charge is 0.329 e. The molecule has 1 saturated heterocycles. The molecule has 1 aromatic rings. The lowest BCUT2D eigenvalue weighted by Gasteiger charge is -2.27. The Bertz CT molecular complexity index is 537. The first-order chi connectivity index (χ1) is 10.1. The number of halogens is 1. The van der Waals surface area contributed by atoms with Crippen LogP contribution in [0.5, 0.6) is 0 Å². The van der Waals surface area contributed by atoms with Gasteiger partial charge < -0.3 is 9.64 Å². The molecule has 114 valence electrons. The number of rotatable bonds is 4. The molecule has 0 spiro atoms. The molecule has 0 radical (unpaired) electrons. The number of thioether (sulfide) groups is 1. The number of amides is 1. The van der Waals surface area contributed by atoms with E-state index in [0.29, 0.717) is 17.4 Å². The normalized spacial score (nSPS) is 21.4. The first-order valence-electron chi connectivity index (χ1n) is 6.87. The molecule has 2 atom stereocenters. The second-order valence-electron chi connectivity index (χ2n) is 4.82. The third-order valence-corrected chi connectivity index (χ3v) is 4.90. The summed E-state index contributed by atoms with van der Waals surface area (Å²) < 4.78 is 5.19. The van der Waals surface area contributed by atoms with Gasteiger partial charge >= 0.3 is 5.97 Å². The van der Waals surface area contributed by atoms with Crippen LogP contribution >= 0.6 is 23.4 Å². The van der Waals surface area contributed by atoms with Crippen molar-refractivity contribution in [3.8, 4) is 0 Å². The van der Waals surface area contributed by atoms with Gasteiger partial charge in [-0.05, 0) is 12.5 Å². The van der Waals surface area contributed by atoms with Gasteiger partial charge in [0.25, 0.3) is 0 Å².